The molecule has 0 spiro atoms. The van der Waals surface area contributed by atoms with Crippen LogP contribution in [0.25, 0.3) is 9.88 Å². The molecule has 18 heavy (non-hydrogen) atoms. The number of ether oxygens (including phenoxy) is 1. The Labute approximate surface area is 114 Å². The van der Waals surface area contributed by atoms with Gasteiger partial charge in [-0.15, -0.1) is 22.7 Å². The van der Waals surface area contributed by atoms with E-state index >= 15 is 0 Å². The standard InChI is InChI=1S/C12H14N2O2S2/c1-16-5-4-13-11(15)7-9-8-18-12(14-9)10-3-2-6-17-10/h2-3,6,8H,4-5,7H2,1H3,(H,13,15). The maximum atomic E-state index is 11.6. The number of rotatable bonds is 6. The highest BCUT2D eigenvalue weighted by atomic mass is 32.1. The van der Waals surface area contributed by atoms with E-state index in [0.29, 0.717) is 19.6 Å². The second-order valence-electron chi connectivity index (χ2n) is 3.64. The van der Waals surface area contributed by atoms with Gasteiger partial charge >= 0.3 is 0 Å². The predicted octanol–water partition coefficient (Wildman–Crippen LogP) is 2.18. The van der Waals surface area contributed by atoms with Gasteiger partial charge in [-0.25, -0.2) is 4.98 Å². The summed E-state index contributed by atoms with van der Waals surface area (Å²) < 4.78 is 4.87. The van der Waals surface area contributed by atoms with Gasteiger partial charge < -0.3 is 10.1 Å². The second kappa shape index (κ2) is 6.63. The predicted molar refractivity (Wildman–Crippen MR) is 74.0 cm³/mol. The molecule has 0 aliphatic heterocycles. The molecule has 2 heterocycles. The first kappa shape index (κ1) is 13.2. The van der Waals surface area contributed by atoms with Crippen LogP contribution in [0, 0.1) is 0 Å². The summed E-state index contributed by atoms with van der Waals surface area (Å²) in [6.45, 7) is 1.07. The van der Waals surface area contributed by atoms with Gasteiger partial charge in [0.1, 0.15) is 5.01 Å². The third-order valence-electron chi connectivity index (χ3n) is 2.25. The number of carbonyl (C=O) groups excluding carboxylic acids is 1. The minimum Gasteiger partial charge on any atom is -0.383 e. The number of methoxy groups -OCH3 is 1. The Morgan fingerprint density at radius 1 is 1.50 bits per heavy atom. The first-order chi connectivity index (χ1) is 8.79. The van der Waals surface area contributed by atoms with Gasteiger partial charge in [-0.05, 0) is 11.4 Å². The average Bonchev–Trinajstić information content (AvgIpc) is 2.98. The van der Waals surface area contributed by atoms with Crippen molar-refractivity contribution in [3.05, 3.63) is 28.6 Å². The zero-order valence-electron chi connectivity index (χ0n) is 10.0. The zero-order valence-corrected chi connectivity index (χ0v) is 11.6. The van der Waals surface area contributed by atoms with Gasteiger partial charge in [-0.2, -0.15) is 0 Å². The third-order valence-corrected chi connectivity index (χ3v) is 4.18. The highest BCUT2D eigenvalue weighted by Crippen LogP contribution is 2.27. The van der Waals surface area contributed by atoms with Crippen molar-refractivity contribution in [3.8, 4) is 9.88 Å². The molecule has 0 aliphatic rings. The maximum absolute atomic E-state index is 11.6. The first-order valence-corrected chi connectivity index (χ1v) is 7.29. The topological polar surface area (TPSA) is 51.2 Å². The smallest absolute Gasteiger partial charge is 0.226 e. The van der Waals surface area contributed by atoms with E-state index in [4.69, 9.17) is 4.74 Å². The second-order valence-corrected chi connectivity index (χ2v) is 5.45. The van der Waals surface area contributed by atoms with Gasteiger partial charge in [0.05, 0.1) is 23.6 Å². The largest absolute Gasteiger partial charge is 0.383 e. The van der Waals surface area contributed by atoms with Crippen LogP contribution >= 0.6 is 22.7 Å². The molecule has 0 bridgehead atoms. The van der Waals surface area contributed by atoms with Crippen molar-refractivity contribution in [3.63, 3.8) is 0 Å². The van der Waals surface area contributed by atoms with E-state index in [2.05, 4.69) is 10.3 Å². The lowest BCUT2D eigenvalue weighted by molar-refractivity contribution is -0.120. The molecule has 0 aromatic carbocycles. The van der Waals surface area contributed by atoms with Crippen LogP contribution in [0.5, 0.6) is 0 Å². The fraction of sp³-hybridized carbons (Fsp3) is 0.333. The molecular weight excluding hydrogens is 268 g/mol. The van der Waals surface area contributed by atoms with Crippen molar-refractivity contribution in [2.24, 2.45) is 0 Å². The number of nitrogens with one attached hydrogen (secondary N) is 1. The van der Waals surface area contributed by atoms with E-state index in [9.17, 15) is 4.79 Å². The number of hydrogen-bond donors (Lipinski definition) is 1. The Morgan fingerprint density at radius 2 is 2.39 bits per heavy atom. The molecule has 0 fully saturated rings. The molecule has 6 heteroatoms. The number of hydrogen-bond acceptors (Lipinski definition) is 5. The van der Waals surface area contributed by atoms with Gasteiger partial charge in [0, 0.05) is 19.0 Å². The highest BCUT2D eigenvalue weighted by Gasteiger charge is 2.09. The van der Waals surface area contributed by atoms with Gasteiger partial charge in [0.25, 0.3) is 0 Å². The summed E-state index contributed by atoms with van der Waals surface area (Å²) >= 11 is 3.23. The van der Waals surface area contributed by atoms with Crippen molar-refractivity contribution in [1.82, 2.24) is 10.3 Å². The lowest BCUT2D eigenvalue weighted by Crippen LogP contribution is -2.28. The number of aromatic nitrogens is 1. The minimum absolute atomic E-state index is 0.0184. The number of carbonyl (C=O) groups is 1. The Morgan fingerprint density at radius 3 is 3.11 bits per heavy atom. The SMILES string of the molecule is COCCNC(=O)Cc1csc(-c2cccs2)n1. The lowest BCUT2D eigenvalue weighted by Gasteiger charge is -2.02. The zero-order chi connectivity index (χ0) is 12.8. The molecule has 4 nitrogen and oxygen atoms in total. The molecule has 0 atom stereocenters. The Kier molecular flexibility index (Phi) is 4.86. The van der Waals surface area contributed by atoms with Crippen LogP contribution in [0.1, 0.15) is 5.69 Å². The molecule has 0 radical (unpaired) electrons. The van der Waals surface area contributed by atoms with E-state index in [1.165, 1.54) is 0 Å². The summed E-state index contributed by atoms with van der Waals surface area (Å²) in [7, 11) is 1.61. The molecule has 0 aliphatic carbocycles. The van der Waals surface area contributed by atoms with E-state index in [0.717, 1.165) is 15.6 Å². The summed E-state index contributed by atoms with van der Waals surface area (Å²) in [6, 6.07) is 4.03. The lowest BCUT2D eigenvalue weighted by atomic mass is 10.3. The number of amides is 1. The van der Waals surface area contributed by atoms with E-state index in [-0.39, 0.29) is 5.91 Å². The van der Waals surface area contributed by atoms with Crippen molar-refractivity contribution >= 4 is 28.6 Å². The molecule has 1 amide bonds. The number of thiazole rings is 1. The molecule has 2 rings (SSSR count). The monoisotopic (exact) mass is 282 g/mol. The maximum Gasteiger partial charge on any atom is 0.226 e. The Balaban J connectivity index is 1.89. The Bertz CT molecular complexity index is 494. The normalized spacial score (nSPS) is 10.5. The summed E-state index contributed by atoms with van der Waals surface area (Å²) in [5, 5.41) is 7.71. The van der Waals surface area contributed by atoms with Gasteiger partial charge in [-0.3, -0.25) is 4.79 Å². The summed E-state index contributed by atoms with van der Waals surface area (Å²) in [5.74, 6) is -0.0184. The molecule has 2 aromatic heterocycles. The summed E-state index contributed by atoms with van der Waals surface area (Å²) in [5.41, 5.74) is 0.818. The quantitative estimate of drug-likeness (QED) is 0.826. The summed E-state index contributed by atoms with van der Waals surface area (Å²) in [6.07, 6.45) is 0.325. The van der Waals surface area contributed by atoms with Crippen molar-refractivity contribution < 1.29 is 9.53 Å². The van der Waals surface area contributed by atoms with Crippen molar-refractivity contribution in [1.29, 1.82) is 0 Å². The van der Waals surface area contributed by atoms with Gasteiger partial charge in [0.2, 0.25) is 5.91 Å². The average molecular weight is 282 g/mol. The highest BCUT2D eigenvalue weighted by molar-refractivity contribution is 7.20. The van der Waals surface area contributed by atoms with Crippen LogP contribution in [0.3, 0.4) is 0 Å². The molecule has 0 saturated carbocycles. The van der Waals surface area contributed by atoms with E-state index in [1.807, 2.05) is 22.9 Å². The molecular formula is C12H14N2O2S2. The molecule has 1 N–H and O–H groups in total. The number of nitrogens with zero attached hydrogens (tertiary/aromatic N) is 1. The van der Waals surface area contributed by atoms with Crippen LogP contribution in [0.4, 0.5) is 0 Å². The van der Waals surface area contributed by atoms with Crippen LogP contribution in [0.2, 0.25) is 0 Å². The fourth-order valence-corrected chi connectivity index (χ4v) is 3.05. The molecule has 0 unspecified atom stereocenters. The van der Waals surface area contributed by atoms with Crippen LogP contribution in [0.15, 0.2) is 22.9 Å². The van der Waals surface area contributed by atoms with Gasteiger partial charge in [0.15, 0.2) is 0 Å². The van der Waals surface area contributed by atoms with Crippen molar-refractivity contribution in [2.75, 3.05) is 20.3 Å². The molecule has 0 saturated heterocycles. The number of thiophene rings is 1. The van der Waals surface area contributed by atoms with Crippen LogP contribution < -0.4 is 5.32 Å². The first-order valence-electron chi connectivity index (χ1n) is 5.53. The molecule has 2 aromatic rings. The van der Waals surface area contributed by atoms with E-state index < -0.39 is 0 Å². The minimum atomic E-state index is -0.0184. The summed E-state index contributed by atoms with van der Waals surface area (Å²) in [4.78, 5) is 17.2. The van der Waals surface area contributed by atoms with E-state index in [1.54, 1.807) is 29.8 Å². The molecule has 96 valence electrons. The Hall–Kier alpha value is -1.24. The van der Waals surface area contributed by atoms with Crippen LogP contribution in [-0.2, 0) is 16.0 Å². The van der Waals surface area contributed by atoms with Gasteiger partial charge in [-0.1, -0.05) is 6.07 Å². The third kappa shape index (κ3) is 3.63. The van der Waals surface area contributed by atoms with Crippen molar-refractivity contribution in [2.45, 2.75) is 6.42 Å². The van der Waals surface area contributed by atoms with Crippen LogP contribution in [-0.4, -0.2) is 31.2 Å². The fourth-order valence-electron chi connectivity index (χ4n) is 1.42.